The van der Waals surface area contributed by atoms with Gasteiger partial charge in [-0.25, -0.2) is 0 Å². The highest BCUT2D eigenvalue weighted by molar-refractivity contribution is 6.04. The minimum atomic E-state index is -0.653. The predicted molar refractivity (Wildman–Crippen MR) is 126 cm³/mol. The van der Waals surface area contributed by atoms with E-state index < -0.39 is 11.9 Å². The molecule has 2 heterocycles. The fraction of sp³-hybridized carbons (Fsp3) is 0.600. The largest absolute Gasteiger partial charge is 0.396 e. The summed E-state index contributed by atoms with van der Waals surface area (Å²) in [5.41, 5.74) is 5.87. The molecule has 3 fully saturated rings. The van der Waals surface area contributed by atoms with Crippen LogP contribution in [0.4, 0.5) is 0 Å². The first-order valence-corrected chi connectivity index (χ1v) is 12.3. The van der Waals surface area contributed by atoms with Gasteiger partial charge in [-0.15, -0.1) is 0 Å². The van der Waals surface area contributed by atoms with Crippen LogP contribution in [0.5, 0.6) is 0 Å². The van der Waals surface area contributed by atoms with Crippen LogP contribution in [0.15, 0.2) is 24.3 Å². The van der Waals surface area contributed by atoms with E-state index in [9.17, 15) is 19.5 Å². The fourth-order valence-electron chi connectivity index (χ4n) is 6.17. The van der Waals surface area contributed by atoms with Gasteiger partial charge in [0.1, 0.15) is 12.6 Å². The summed E-state index contributed by atoms with van der Waals surface area (Å²) < 4.78 is 1.49. The van der Waals surface area contributed by atoms with E-state index in [1.54, 1.807) is 23.1 Å². The van der Waals surface area contributed by atoms with Gasteiger partial charge in [-0.05, 0) is 37.7 Å². The third-order valence-electron chi connectivity index (χ3n) is 8.21. The Labute approximate surface area is 198 Å². The van der Waals surface area contributed by atoms with E-state index in [-0.39, 0.29) is 48.2 Å². The summed E-state index contributed by atoms with van der Waals surface area (Å²) in [6, 6.07) is 6.54. The number of fused-ring (bicyclic) bond motifs is 2. The summed E-state index contributed by atoms with van der Waals surface area (Å²) in [7, 11) is 0. The van der Waals surface area contributed by atoms with Crippen molar-refractivity contribution in [3.8, 4) is 0 Å². The Balaban J connectivity index is 1.36. The molecule has 1 unspecified atom stereocenters. The number of amides is 3. The SMILES string of the molecule is CC[C@H]1CCCC(NC(=O)[C@@H]2C[C@@]3(CO)C[C@H]3N2C(=O)Cn2nc(C(N)=O)c3ccccc32)C1. The number of primary amides is 1. The number of aliphatic hydroxyl groups is 1. The molecule has 182 valence electrons. The van der Waals surface area contributed by atoms with Crippen LogP contribution in [0.3, 0.4) is 0 Å². The lowest BCUT2D eigenvalue weighted by Crippen LogP contribution is -2.51. The van der Waals surface area contributed by atoms with Gasteiger partial charge in [0.2, 0.25) is 11.8 Å². The summed E-state index contributed by atoms with van der Waals surface area (Å²) >= 11 is 0. The Bertz CT molecular complexity index is 1130. The van der Waals surface area contributed by atoms with Gasteiger partial charge in [-0.1, -0.05) is 44.4 Å². The van der Waals surface area contributed by atoms with Gasteiger partial charge < -0.3 is 21.1 Å². The van der Waals surface area contributed by atoms with Crippen molar-refractivity contribution in [1.82, 2.24) is 20.0 Å². The third kappa shape index (κ3) is 3.85. The summed E-state index contributed by atoms with van der Waals surface area (Å²) in [5.74, 6) is -0.388. The van der Waals surface area contributed by atoms with Gasteiger partial charge in [-0.2, -0.15) is 5.10 Å². The van der Waals surface area contributed by atoms with Gasteiger partial charge in [0.25, 0.3) is 5.91 Å². The maximum absolute atomic E-state index is 13.5. The number of aliphatic hydroxyl groups excluding tert-OH is 1. The first kappa shape index (κ1) is 22.8. The Morgan fingerprint density at radius 2 is 2.03 bits per heavy atom. The van der Waals surface area contributed by atoms with Crippen molar-refractivity contribution < 1.29 is 19.5 Å². The monoisotopic (exact) mass is 467 g/mol. The molecule has 2 aliphatic carbocycles. The minimum absolute atomic E-state index is 0.0386. The highest BCUT2D eigenvalue weighted by Gasteiger charge is 2.66. The Kier molecular flexibility index (Phi) is 5.83. The van der Waals surface area contributed by atoms with E-state index in [4.69, 9.17) is 5.73 Å². The molecular weight excluding hydrogens is 434 g/mol. The lowest BCUT2D eigenvalue weighted by molar-refractivity contribution is -0.140. The molecule has 2 saturated carbocycles. The van der Waals surface area contributed by atoms with Crippen LogP contribution in [-0.2, 0) is 16.1 Å². The molecule has 9 heteroatoms. The average molecular weight is 468 g/mol. The Morgan fingerprint density at radius 3 is 2.76 bits per heavy atom. The molecule has 1 aromatic carbocycles. The van der Waals surface area contributed by atoms with Crippen LogP contribution in [0.1, 0.15) is 62.4 Å². The standard InChI is InChI=1S/C25H33N5O4/c1-2-15-6-5-7-16(10-15)27-24(34)19-11-25(14-31)12-20(25)30(19)21(32)13-29-18-9-4-3-8-17(18)22(28-29)23(26)33/h3-4,8-9,15-16,19-20,31H,2,5-7,10-14H2,1H3,(H2,26,33)(H,27,34)/t15-,16?,19-,20+,25-/m0/s1. The zero-order valence-corrected chi connectivity index (χ0v) is 19.6. The van der Waals surface area contributed by atoms with Gasteiger partial charge in [0.05, 0.1) is 12.1 Å². The summed E-state index contributed by atoms with van der Waals surface area (Å²) in [6.07, 6.45) is 6.54. The molecule has 3 amide bonds. The molecule has 0 spiro atoms. The molecule has 1 saturated heterocycles. The quantitative estimate of drug-likeness (QED) is 0.569. The number of benzene rings is 1. The van der Waals surface area contributed by atoms with E-state index in [0.29, 0.717) is 29.7 Å². The molecular formula is C25H33N5O4. The van der Waals surface area contributed by atoms with E-state index >= 15 is 0 Å². The van der Waals surface area contributed by atoms with Gasteiger partial charge in [0.15, 0.2) is 5.69 Å². The average Bonchev–Trinajstić information content (AvgIpc) is 3.26. The van der Waals surface area contributed by atoms with Crippen LogP contribution in [0.2, 0.25) is 0 Å². The van der Waals surface area contributed by atoms with E-state index in [2.05, 4.69) is 17.3 Å². The van der Waals surface area contributed by atoms with E-state index in [1.807, 2.05) is 6.07 Å². The molecule has 34 heavy (non-hydrogen) atoms. The summed E-state index contributed by atoms with van der Waals surface area (Å²) in [5, 5.41) is 18.1. The topological polar surface area (TPSA) is 131 Å². The number of para-hydroxylation sites is 1. The van der Waals surface area contributed by atoms with Crippen LogP contribution >= 0.6 is 0 Å². The second kappa shape index (κ2) is 8.69. The van der Waals surface area contributed by atoms with E-state index in [0.717, 1.165) is 25.7 Å². The number of nitrogens with two attached hydrogens (primary N) is 1. The number of aromatic nitrogens is 2. The zero-order chi connectivity index (χ0) is 24.0. The molecule has 1 aliphatic heterocycles. The van der Waals surface area contributed by atoms with Gasteiger partial charge in [0, 0.05) is 22.9 Å². The number of carbonyl (C=O) groups is 3. The molecule has 3 aliphatic rings. The molecule has 2 aromatic rings. The molecule has 5 atom stereocenters. The molecule has 5 rings (SSSR count). The lowest BCUT2D eigenvalue weighted by Gasteiger charge is -2.32. The predicted octanol–water partition coefficient (Wildman–Crippen LogP) is 1.57. The Hall–Kier alpha value is -2.94. The first-order valence-electron chi connectivity index (χ1n) is 12.3. The minimum Gasteiger partial charge on any atom is -0.396 e. The first-order chi connectivity index (χ1) is 16.4. The van der Waals surface area contributed by atoms with E-state index in [1.165, 1.54) is 11.1 Å². The molecule has 4 N–H and O–H groups in total. The van der Waals surface area contributed by atoms with Crippen LogP contribution in [0.25, 0.3) is 10.9 Å². The lowest BCUT2D eigenvalue weighted by atomic mass is 9.84. The highest BCUT2D eigenvalue weighted by atomic mass is 16.3. The smallest absolute Gasteiger partial charge is 0.269 e. The van der Waals surface area contributed by atoms with Crippen molar-refractivity contribution >= 4 is 28.6 Å². The number of carbonyl (C=O) groups excluding carboxylic acids is 3. The Morgan fingerprint density at radius 1 is 1.24 bits per heavy atom. The normalized spacial score (nSPS) is 30.2. The summed E-state index contributed by atoms with van der Waals surface area (Å²) in [4.78, 5) is 40.4. The van der Waals surface area contributed by atoms with Crippen molar-refractivity contribution in [3.63, 3.8) is 0 Å². The molecule has 9 nitrogen and oxygen atoms in total. The van der Waals surface area contributed by atoms with Crippen molar-refractivity contribution in [3.05, 3.63) is 30.0 Å². The maximum atomic E-state index is 13.5. The number of hydrogen-bond acceptors (Lipinski definition) is 5. The van der Waals surface area contributed by atoms with Crippen LogP contribution < -0.4 is 11.1 Å². The number of hydrogen-bond donors (Lipinski definition) is 3. The number of likely N-dealkylation sites (tertiary alicyclic amines) is 1. The third-order valence-corrected chi connectivity index (χ3v) is 8.21. The van der Waals surface area contributed by atoms with Crippen LogP contribution in [0, 0.1) is 11.3 Å². The van der Waals surface area contributed by atoms with Crippen LogP contribution in [-0.4, -0.2) is 62.2 Å². The van der Waals surface area contributed by atoms with Crippen molar-refractivity contribution in [2.75, 3.05) is 6.61 Å². The molecule has 0 radical (unpaired) electrons. The number of nitrogens with zero attached hydrogens (tertiary/aromatic N) is 3. The molecule has 1 aromatic heterocycles. The number of piperidine rings is 1. The van der Waals surface area contributed by atoms with Crippen molar-refractivity contribution in [2.24, 2.45) is 17.1 Å². The second-order valence-electron chi connectivity index (χ2n) is 10.3. The van der Waals surface area contributed by atoms with Gasteiger partial charge >= 0.3 is 0 Å². The zero-order valence-electron chi connectivity index (χ0n) is 19.6. The second-order valence-corrected chi connectivity index (χ2v) is 10.3. The summed E-state index contributed by atoms with van der Waals surface area (Å²) in [6.45, 7) is 2.05. The van der Waals surface area contributed by atoms with Gasteiger partial charge in [-0.3, -0.25) is 19.1 Å². The fourth-order valence-corrected chi connectivity index (χ4v) is 6.17. The number of rotatable bonds is 7. The van der Waals surface area contributed by atoms with Crippen molar-refractivity contribution in [2.45, 2.75) is 76.5 Å². The maximum Gasteiger partial charge on any atom is 0.269 e. The highest BCUT2D eigenvalue weighted by Crippen LogP contribution is 2.59. The molecule has 0 bridgehead atoms. The van der Waals surface area contributed by atoms with Crippen molar-refractivity contribution in [1.29, 1.82) is 0 Å². The number of nitrogens with one attached hydrogen (secondary N) is 1.